The zero-order valence-corrected chi connectivity index (χ0v) is 21.4. The highest BCUT2D eigenvalue weighted by Crippen LogP contribution is 2.44. The first-order valence-electron chi connectivity index (χ1n) is 11.5. The number of hydrogen-bond donors (Lipinski definition) is 1. The largest absolute Gasteiger partial charge is 1.00 e. The third-order valence-electron chi connectivity index (χ3n) is 6.72. The molecule has 0 aliphatic carbocycles. The maximum absolute atomic E-state index is 13.7. The second-order valence-corrected chi connectivity index (χ2v) is 10.0. The highest BCUT2D eigenvalue weighted by Gasteiger charge is 2.59. The summed E-state index contributed by atoms with van der Waals surface area (Å²) in [5, 5.41) is 11.8. The molecule has 6 nitrogen and oxygen atoms in total. The quantitative estimate of drug-likeness (QED) is 0.336. The molecule has 5 rings (SSSR count). The van der Waals surface area contributed by atoms with Gasteiger partial charge in [0.15, 0.2) is 12.1 Å². The number of fused-ring (bicyclic) bond motifs is 3. The summed E-state index contributed by atoms with van der Waals surface area (Å²) >= 11 is 0. The van der Waals surface area contributed by atoms with E-state index in [-0.39, 0.29) is 27.5 Å². The Hall–Kier alpha value is -2.28. The monoisotopic (exact) mass is 529 g/mol. The summed E-state index contributed by atoms with van der Waals surface area (Å²) in [4.78, 5) is 31.7. The van der Waals surface area contributed by atoms with E-state index >= 15 is 0 Å². The Labute approximate surface area is 211 Å². The van der Waals surface area contributed by atoms with Gasteiger partial charge in [0, 0.05) is 18.8 Å². The molecule has 0 amide bonds. The van der Waals surface area contributed by atoms with Gasteiger partial charge >= 0.3 is 5.97 Å². The number of esters is 1. The molecule has 0 saturated carbocycles. The molecule has 34 heavy (non-hydrogen) atoms. The molecule has 3 aliphatic heterocycles. The van der Waals surface area contributed by atoms with E-state index in [0.717, 1.165) is 25.9 Å². The minimum atomic E-state index is -1.97. The lowest BCUT2D eigenvalue weighted by Crippen LogP contribution is -3.00. The Morgan fingerprint density at radius 1 is 1.00 bits per heavy atom. The molecule has 1 N–H and O–H groups in total. The fourth-order valence-corrected chi connectivity index (χ4v) is 5.33. The Balaban J connectivity index is 0.00000324. The van der Waals surface area contributed by atoms with E-state index in [9.17, 15) is 14.7 Å². The number of aliphatic hydroxyl groups is 1. The number of nitrogens with zero attached hydrogens (tertiary/aromatic N) is 1. The number of carbonyl (C=O) groups is 1. The molecular weight excluding hydrogens is 498 g/mol. The van der Waals surface area contributed by atoms with Crippen molar-refractivity contribution in [1.29, 1.82) is 0 Å². The van der Waals surface area contributed by atoms with Crippen LogP contribution in [0.25, 0.3) is 0 Å². The van der Waals surface area contributed by atoms with Gasteiger partial charge in [0.1, 0.15) is 24.6 Å². The third-order valence-corrected chi connectivity index (χ3v) is 6.72. The Morgan fingerprint density at radius 3 is 1.94 bits per heavy atom. The molecular formula is C27H32BrNO5. The van der Waals surface area contributed by atoms with Crippen LogP contribution in [0.1, 0.15) is 44.7 Å². The first-order valence-corrected chi connectivity index (χ1v) is 11.5. The number of hydrogen-bond acceptors (Lipinski definition) is 5. The molecule has 182 valence electrons. The van der Waals surface area contributed by atoms with Crippen molar-refractivity contribution in [1.82, 2.24) is 0 Å². The molecule has 3 saturated heterocycles. The van der Waals surface area contributed by atoms with Crippen molar-refractivity contribution in [3.05, 3.63) is 77.9 Å². The SMILES string of the molecule is CC(C)(C)O[N+]12CCC(CC1)C(OC(=O)C(O)(c1ccccc1)c1ccccc1)[C@H]2C=C=O.[Br-]. The lowest BCUT2D eigenvalue weighted by Gasteiger charge is -2.55. The normalized spacial score (nSPS) is 26.2. The van der Waals surface area contributed by atoms with E-state index in [2.05, 4.69) is 0 Å². The summed E-state index contributed by atoms with van der Waals surface area (Å²) in [5.41, 5.74) is -1.55. The molecule has 0 radical (unpaired) electrons. The van der Waals surface area contributed by atoms with Crippen LogP contribution in [0, 0.1) is 5.92 Å². The Bertz CT molecular complexity index is 982. The second-order valence-electron chi connectivity index (χ2n) is 10.0. The summed E-state index contributed by atoms with van der Waals surface area (Å²) < 4.78 is 6.33. The van der Waals surface area contributed by atoms with Crippen molar-refractivity contribution in [3.8, 4) is 0 Å². The molecule has 0 aromatic heterocycles. The average molecular weight is 530 g/mol. The number of carbonyl (C=O) groups excluding carboxylic acids is 2. The number of benzene rings is 2. The summed E-state index contributed by atoms with van der Waals surface area (Å²) in [6, 6.07) is 17.1. The highest BCUT2D eigenvalue weighted by atomic mass is 79.9. The molecule has 3 heterocycles. The smallest absolute Gasteiger partial charge is 0.348 e. The van der Waals surface area contributed by atoms with E-state index in [0.29, 0.717) is 11.1 Å². The van der Waals surface area contributed by atoms with E-state index in [4.69, 9.17) is 9.57 Å². The molecule has 2 aromatic carbocycles. The predicted octanol–water partition coefficient (Wildman–Crippen LogP) is 0.565. The summed E-state index contributed by atoms with van der Waals surface area (Å²) in [6.07, 6.45) is 2.46. The molecule has 3 aliphatic rings. The second kappa shape index (κ2) is 10.1. The number of hydroxylamine groups is 3. The minimum absolute atomic E-state index is 0. The van der Waals surface area contributed by atoms with Crippen LogP contribution in [0.5, 0.6) is 0 Å². The van der Waals surface area contributed by atoms with Crippen LogP contribution in [0.2, 0.25) is 0 Å². The van der Waals surface area contributed by atoms with Gasteiger partial charge in [-0.2, -0.15) is 9.48 Å². The average Bonchev–Trinajstić information content (AvgIpc) is 2.81. The number of piperidine rings is 3. The predicted molar refractivity (Wildman–Crippen MR) is 123 cm³/mol. The van der Waals surface area contributed by atoms with E-state index in [1.807, 2.05) is 38.8 Å². The van der Waals surface area contributed by atoms with Gasteiger partial charge in [0.25, 0.3) is 0 Å². The van der Waals surface area contributed by atoms with Gasteiger partial charge in [-0.3, -0.25) is 0 Å². The highest BCUT2D eigenvalue weighted by molar-refractivity contribution is 5.85. The van der Waals surface area contributed by atoms with Crippen LogP contribution < -0.4 is 17.0 Å². The molecule has 1 unspecified atom stereocenters. The van der Waals surface area contributed by atoms with Crippen LogP contribution in [-0.2, 0) is 24.8 Å². The molecule has 2 aromatic rings. The fraction of sp³-hybridized carbons (Fsp3) is 0.444. The number of quaternary nitrogens is 1. The van der Waals surface area contributed by atoms with Gasteiger partial charge in [0.2, 0.25) is 5.60 Å². The fourth-order valence-electron chi connectivity index (χ4n) is 5.33. The van der Waals surface area contributed by atoms with Crippen molar-refractivity contribution >= 4 is 11.9 Å². The molecule has 7 heteroatoms. The standard InChI is InChI=1S/C27H32NO5.BrH/c1-26(2,3)33-28-17-14-20(15-18-28)24(23(28)16-19-29)32-25(30)27(31,21-10-6-4-7-11-21)22-12-8-5-9-13-22;/h4-13,16,20,23-24,31H,14-15,17-18H2,1-3H3;1H/q+1;/p-1/t20?,23-,24?,28?;/m1./s1. The van der Waals surface area contributed by atoms with E-state index < -0.39 is 29.3 Å². The maximum atomic E-state index is 13.7. The van der Waals surface area contributed by atoms with Gasteiger partial charge in [0.05, 0.1) is 6.08 Å². The zero-order chi connectivity index (χ0) is 23.7. The van der Waals surface area contributed by atoms with Gasteiger partial charge < -0.3 is 26.8 Å². The van der Waals surface area contributed by atoms with Crippen molar-refractivity contribution in [3.63, 3.8) is 0 Å². The first-order chi connectivity index (χ1) is 15.7. The van der Waals surface area contributed by atoms with Crippen molar-refractivity contribution in [2.45, 2.75) is 57.0 Å². The van der Waals surface area contributed by atoms with Gasteiger partial charge in [-0.25, -0.2) is 9.59 Å². The molecule has 0 spiro atoms. The number of rotatable bonds is 6. The first kappa shape index (κ1) is 26.3. The van der Waals surface area contributed by atoms with Crippen LogP contribution >= 0.6 is 0 Å². The Morgan fingerprint density at radius 2 is 1.50 bits per heavy atom. The maximum Gasteiger partial charge on any atom is 0.348 e. The van der Waals surface area contributed by atoms with Crippen LogP contribution in [0.15, 0.2) is 66.7 Å². The van der Waals surface area contributed by atoms with E-state index in [1.54, 1.807) is 48.5 Å². The lowest BCUT2D eigenvalue weighted by atomic mass is 9.79. The molecule has 3 fully saturated rings. The third kappa shape index (κ3) is 4.90. The number of halogens is 1. The zero-order valence-electron chi connectivity index (χ0n) is 19.8. The number of ether oxygens (including phenoxy) is 1. The van der Waals surface area contributed by atoms with Crippen LogP contribution in [0.4, 0.5) is 0 Å². The van der Waals surface area contributed by atoms with Crippen LogP contribution in [-0.4, -0.2) is 52.5 Å². The van der Waals surface area contributed by atoms with Crippen molar-refractivity contribution in [2.24, 2.45) is 5.92 Å². The summed E-state index contributed by atoms with van der Waals surface area (Å²) in [7, 11) is 0. The minimum Gasteiger partial charge on any atom is -1.00 e. The van der Waals surface area contributed by atoms with Crippen LogP contribution in [0.3, 0.4) is 0 Å². The Kier molecular flexibility index (Phi) is 7.85. The molecule has 2 atom stereocenters. The van der Waals surface area contributed by atoms with Gasteiger partial charge in [-0.05, 0) is 31.9 Å². The van der Waals surface area contributed by atoms with Gasteiger partial charge in [-0.1, -0.05) is 60.7 Å². The lowest BCUT2D eigenvalue weighted by molar-refractivity contribution is -1.14. The molecule has 2 bridgehead atoms. The topological polar surface area (TPSA) is 72.8 Å². The summed E-state index contributed by atoms with van der Waals surface area (Å²) in [6.45, 7) is 7.41. The van der Waals surface area contributed by atoms with Crippen molar-refractivity contribution < 1.29 is 45.9 Å². The van der Waals surface area contributed by atoms with Gasteiger partial charge in [-0.15, -0.1) is 0 Å². The van der Waals surface area contributed by atoms with E-state index in [1.165, 1.54) is 6.08 Å². The van der Waals surface area contributed by atoms with Crippen molar-refractivity contribution in [2.75, 3.05) is 13.1 Å². The summed E-state index contributed by atoms with van der Waals surface area (Å²) in [5.74, 6) is 1.25.